The van der Waals surface area contributed by atoms with Crippen molar-refractivity contribution >= 4 is 0 Å². The van der Waals surface area contributed by atoms with E-state index < -0.39 is 5.79 Å². The van der Waals surface area contributed by atoms with Crippen LogP contribution in [0, 0.1) is 6.92 Å². The van der Waals surface area contributed by atoms with Gasteiger partial charge in [0.1, 0.15) is 0 Å². The Morgan fingerprint density at radius 1 is 0.727 bits per heavy atom. The number of ether oxygens (including phenoxy) is 2. The van der Waals surface area contributed by atoms with Gasteiger partial charge in [-0.3, -0.25) is 0 Å². The largest absolute Gasteiger partial charge is 0.346 e. The van der Waals surface area contributed by atoms with Crippen molar-refractivity contribution in [1.82, 2.24) is 0 Å². The third-order valence-corrected chi connectivity index (χ3v) is 3.68. The van der Waals surface area contributed by atoms with Gasteiger partial charge in [0.15, 0.2) is 0 Å². The maximum absolute atomic E-state index is 5.73. The zero-order valence-corrected chi connectivity index (χ0v) is 14.9. The van der Waals surface area contributed by atoms with Gasteiger partial charge in [-0.1, -0.05) is 69.7 Å². The minimum absolute atomic E-state index is 0.766. The average Bonchev–Trinajstić information content (AvgIpc) is 2.88. The molecule has 0 heterocycles. The molecule has 0 bridgehead atoms. The Labute approximate surface area is 135 Å². The molecule has 0 spiro atoms. The lowest BCUT2D eigenvalue weighted by Crippen LogP contribution is -2.29. The summed E-state index contributed by atoms with van der Waals surface area (Å²) in [5.74, 6) is -0.766. The summed E-state index contributed by atoms with van der Waals surface area (Å²) in [4.78, 5) is 0. The lowest BCUT2D eigenvalue weighted by Gasteiger charge is -2.28. The topological polar surface area (TPSA) is 18.5 Å². The van der Waals surface area contributed by atoms with Gasteiger partial charge in [0.2, 0.25) is 5.79 Å². The lowest BCUT2D eigenvalue weighted by molar-refractivity contribution is -0.180. The third kappa shape index (κ3) is 2.81. The molecule has 0 aliphatic heterocycles. The van der Waals surface area contributed by atoms with E-state index in [0.29, 0.717) is 0 Å². The molecule has 22 heavy (non-hydrogen) atoms. The first-order valence-electron chi connectivity index (χ1n) is 8.04. The van der Waals surface area contributed by atoms with Gasteiger partial charge in [-0.05, 0) is 24.1 Å². The SMILES string of the molecule is CC.CC.COC1(OC)c2ccccc2-c2ccc(C)cc21. The minimum Gasteiger partial charge on any atom is -0.346 e. The molecular formula is C20H28O2. The molecule has 0 fully saturated rings. The van der Waals surface area contributed by atoms with Crippen molar-refractivity contribution in [3.05, 3.63) is 59.2 Å². The molecule has 0 saturated carbocycles. The predicted octanol–water partition coefficient (Wildman–Crippen LogP) is 5.52. The smallest absolute Gasteiger partial charge is 0.223 e. The quantitative estimate of drug-likeness (QED) is 0.680. The Kier molecular flexibility index (Phi) is 6.79. The molecule has 0 N–H and O–H groups in total. The molecule has 120 valence electrons. The monoisotopic (exact) mass is 300 g/mol. The van der Waals surface area contributed by atoms with Gasteiger partial charge in [0.05, 0.1) is 0 Å². The van der Waals surface area contributed by atoms with Gasteiger partial charge in [0, 0.05) is 25.3 Å². The molecule has 0 saturated heterocycles. The van der Waals surface area contributed by atoms with Crippen LogP contribution in [0.5, 0.6) is 0 Å². The second-order valence-corrected chi connectivity index (χ2v) is 4.62. The zero-order chi connectivity index (χ0) is 16.8. The van der Waals surface area contributed by atoms with E-state index in [1.807, 2.05) is 39.8 Å². The van der Waals surface area contributed by atoms with Gasteiger partial charge < -0.3 is 9.47 Å². The summed E-state index contributed by atoms with van der Waals surface area (Å²) in [5.41, 5.74) is 5.76. The van der Waals surface area contributed by atoms with Crippen molar-refractivity contribution in [2.75, 3.05) is 14.2 Å². The van der Waals surface area contributed by atoms with Crippen molar-refractivity contribution in [1.29, 1.82) is 0 Å². The summed E-state index contributed by atoms with van der Waals surface area (Å²) in [7, 11) is 3.38. The van der Waals surface area contributed by atoms with E-state index in [9.17, 15) is 0 Å². The van der Waals surface area contributed by atoms with E-state index >= 15 is 0 Å². The van der Waals surface area contributed by atoms with Gasteiger partial charge in [0.25, 0.3) is 0 Å². The van der Waals surface area contributed by atoms with Gasteiger partial charge in [-0.15, -0.1) is 0 Å². The van der Waals surface area contributed by atoms with Crippen LogP contribution in [0.2, 0.25) is 0 Å². The molecular weight excluding hydrogens is 272 g/mol. The van der Waals surface area contributed by atoms with E-state index in [0.717, 1.165) is 11.1 Å². The first-order chi connectivity index (χ1) is 10.7. The van der Waals surface area contributed by atoms with Crippen LogP contribution >= 0.6 is 0 Å². The molecule has 2 heteroatoms. The van der Waals surface area contributed by atoms with E-state index in [1.165, 1.54) is 16.7 Å². The van der Waals surface area contributed by atoms with E-state index in [-0.39, 0.29) is 0 Å². The van der Waals surface area contributed by atoms with Gasteiger partial charge >= 0.3 is 0 Å². The summed E-state index contributed by atoms with van der Waals surface area (Å²) in [5, 5.41) is 0. The standard InChI is InChI=1S/C16H16O2.2C2H6/c1-11-8-9-13-12-6-4-5-7-14(12)16(17-2,18-3)15(13)10-11;2*1-2/h4-10H,1-3H3;2*1-2H3. The van der Waals surface area contributed by atoms with Crippen LogP contribution in [0.1, 0.15) is 44.4 Å². The van der Waals surface area contributed by atoms with Gasteiger partial charge in [-0.2, -0.15) is 0 Å². The summed E-state index contributed by atoms with van der Waals surface area (Å²) in [6.07, 6.45) is 0. The van der Waals surface area contributed by atoms with Crippen molar-refractivity contribution in [2.24, 2.45) is 0 Å². The number of methoxy groups -OCH3 is 2. The first-order valence-corrected chi connectivity index (χ1v) is 8.04. The predicted molar refractivity (Wildman–Crippen MR) is 94.1 cm³/mol. The van der Waals surface area contributed by atoms with Crippen LogP contribution in [0.4, 0.5) is 0 Å². The van der Waals surface area contributed by atoms with Crippen molar-refractivity contribution in [2.45, 2.75) is 40.4 Å². The van der Waals surface area contributed by atoms with E-state index in [4.69, 9.17) is 9.47 Å². The number of hydrogen-bond donors (Lipinski definition) is 0. The van der Waals surface area contributed by atoms with Crippen LogP contribution in [0.3, 0.4) is 0 Å². The van der Waals surface area contributed by atoms with Crippen LogP contribution < -0.4 is 0 Å². The molecule has 0 amide bonds. The lowest BCUT2D eigenvalue weighted by atomic mass is 10.0. The van der Waals surface area contributed by atoms with Crippen molar-refractivity contribution < 1.29 is 9.47 Å². The molecule has 1 aliphatic carbocycles. The molecule has 2 nitrogen and oxygen atoms in total. The molecule has 1 aliphatic rings. The fourth-order valence-electron chi connectivity index (χ4n) is 2.84. The highest BCUT2D eigenvalue weighted by atomic mass is 16.7. The maximum Gasteiger partial charge on any atom is 0.223 e. The van der Waals surface area contributed by atoms with Crippen LogP contribution in [0.25, 0.3) is 11.1 Å². The number of aryl methyl sites for hydroxylation is 1. The zero-order valence-electron chi connectivity index (χ0n) is 14.9. The highest BCUT2D eigenvalue weighted by molar-refractivity contribution is 5.79. The molecule has 3 rings (SSSR count). The third-order valence-electron chi connectivity index (χ3n) is 3.68. The summed E-state index contributed by atoms with van der Waals surface area (Å²) >= 11 is 0. The summed E-state index contributed by atoms with van der Waals surface area (Å²) in [6, 6.07) is 14.7. The fourth-order valence-corrected chi connectivity index (χ4v) is 2.84. The molecule has 2 aromatic rings. The summed E-state index contributed by atoms with van der Waals surface area (Å²) < 4.78 is 11.5. The minimum atomic E-state index is -0.766. The molecule has 0 radical (unpaired) electrons. The maximum atomic E-state index is 5.73. The Morgan fingerprint density at radius 3 is 1.86 bits per heavy atom. The highest BCUT2D eigenvalue weighted by Gasteiger charge is 2.43. The number of hydrogen-bond acceptors (Lipinski definition) is 2. The van der Waals surface area contributed by atoms with Crippen LogP contribution in [0.15, 0.2) is 42.5 Å². The Morgan fingerprint density at radius 2 is 1.27 bits per heavy atom. The number of rotatable bonds is 2. The van der Waals surface area contributed by atoms with Crippen LogP contribution in [-0.4, -0.2) is 14.2 Å². The van der Waals surface area contributed by atoms with Crippen molar-refractivity contribution in [3.63, 3.8) is 0 Å². The molecule has 0 atom stereocenters. The first kappa shape index (κ1) is 18.4. The Bertz CT molecular complexity index is 598. The van der Waals surface area contributed by atoms with E-state index in [1.54, 1.807) is 14.2 Å². The average molecular weight is 300 g/mol. The van der Waals surface area contributed by atoms with Crippen molar-refractivity contribution in [3.8, 4) is 11.1 Å². The number of benzene rings is 2. The molecule has 2 aromatic carbocycles. The normalized spacial score (nSPS) is 13.0. The van der Waals surface area contributed by atoms with Crippen LogP contribution in [-0.2, 0) is 15.3 Å². The highest BCUT2D eigenvalue weighted by Crippen LogP contribution is 2.49. The summed E-state index contributed by atoms with van der Waals surface area (Å²) in [6.45, 7) is 10.1. The van der Waals surface area contributed by atoms with Gasteiger partial charge in [-0.25, -0.2) is 0 Å². The van der Waals surface area contributed by atoms with E-state index in [2.05, 4.69) is 37.3 Å². The Balaban J connectivity index is 0.000000561. The molecule has 0 aromatic heterocycles. The molecule has 0 unspecified atom stereocenters. The second-order valence-electron chi connectivity index (χ2n) is 4.62. The second kappa shape index (κ2) is 8.11. The Hall–Kier alpha value is -1.64. The fraction of sp³-hybridized carbons (Fsp3) is 0.400. The number of fused-ring (bicyclic) bond motifs is 3.